The van der Waals surface area contributed by atoms with E-state index in [0.29, 0.717) is 6.04 Å². The largest absolute Gasteiger partial charge is 0.381 e. The van der Waals surface area contributed by atoms with E-state index in [4.69, 9.17) is 9.84 Å². The van der Waals surface area contributed by atoms with Gasteiger partial charge in [0.1, 0.15) is 0 Å². The summed E-state index contributed by atoms with van der Waals surface area (Å²) in [5, 5.41) is 8.28. The van der Waals surface area contributed by atoms with Gasteiger partial charge in [0.2, 0.25) is 0 Å². The molecule has 1 aliphatic carbocycles. The molecule has 0 bridgehead atoms. The molecule has 28 heavy (non-hydrogen) atoms. The highest BCUT2D eigenvalue weighted by Gasteiger charge is 2.24. The van der Waals surface area contributed by atoms with Crippen molar-refractivity contribution in [1.82, 2.24) is 24.9 Å². The molecule has 1 saturated carbocycles. The van der Waals surface area contributed by atoms with Gasteiger partial charge in [-0.1, -0.05) is 12.8 Å². The molecule has 158 valence electrons. The summed E-state index contributed by atoms with van der Waals surface area (Å²) in [6, 6.07) is 2.75. The zero-order valence-electron chi connectivity index (χ0n) is 17.1. The Bertz CT molecular complexity index is 616. The standard InChI is InChI=1S/C20H34N6O.HI/c1-21-20(22-14-18-6-8-26(23-18)19-4-2-3-5-19)25-11-9-24(10-12-25)15-17-7-13-27-16-17;/h6,8,17,19H,2-5,7,9-16H2,1H3,(H,21,22);1H. The Morgan fingerprint density at radius 1 is 1.21 bits per heavy atom. The van der Waals surface area contributed by atoms with Crippen molar-refractivity contribution < 1.29 is 4.74 Å². The van der Waals surface area contributed by atoms with Gasteiger partial charge in [0, 0.05) is 52.6 Å². The number of aromatic nitrogens is 2. The van der Waals surface area contributed by atoms with E-state index < -0.39 is 0 Å². The van der Waals surface area contributed by atoms with Crippen LogP contribution in [0.25, 0.3) is 0 Å². The van der Waals surface area contributed by atoms with E-state index in [0.717, 1.165) is 63.5 Å². The molecular formula is C20H35IN6O. The van der Waals surface area contributed by atoms with Crippen LogP contribution in [0.5, 0.6) is 0 Å². The Kier molecular flexibility index (Phi) is 8.40. The minimum absolute atomic E-state index is 0. The lowest BCUT2D eigenvalue weighted by atomic mass is 10.1. The lowest BCUT2D eigenvalue weighted by molar-refractivity contribution is 0.139. The molecule has 1 N–H and O–H groups in total. The third kappa shape index (κ3) is 5.60. The van der Waals surface area contributed by atoms with Crippen LogP contribution < -0.4 is 5.32 Å². The van der Waals surface area contributed by atoms with Gasteiger partial charge >= 0.3 is 0 Å². The number of rotatable bonds is 5. The van der Waals surface area contributed by atoms with Crippen molar-refractivity contribution in [3.05, 3.63) is 18.0 Å². The van der Waals surface area contributed by atoms with Crippen molar-refractivity contribution in [3.8, 4) is 0 Å². The molecule has 7 nitrogen and oxygen atoms in total. The molecule has 3 aliphatic rings. The third-order valence-corrected chi connectivity index (χ3v) is 6.21. The van der Waals surface area contributed by atoms with Crippen molar-refractivity contribution in [2.45, 2.75) is 44.7 Å². The summed E-state index contributed by atoms with van der Waals surface area (Å²) in [7, 11) is 1.88. The summed E-state index contributed by atoms with van der Waals surface area (Å²) in [4.78, 5) is 9.44. The lowest BCUT2D eigenvalue weighted by Gasteiger charge is -2.37. The van der Waals surface area contributed by atoms with Gasteiger partial charge < -0.3 is 15.0 Å². The summed E-state index contributed by atoms with van der Waals surface area (Å²) < 4.78 is 7.67. The molecule has 2 aliphatic heterocycles. The molecule has 2 saturated heterocycles. The summed E-state index contributed by atoms with van der Waals surface area (Å²) in [5.41, 5.74) is 1.10. The zero-order valence-corrected chi connectivity index (χ0v) is 19.4. The average molecular weight is 502 g/mol. The number of aliphatic imine (C=N–C) groups is 1. The first kappa shape index (κ1) is 21.8. The van der Waals surface area contributed by atoms with Crippen LogP contribution in [0.1, 0.15) is 43.8 Å². The fourth-order valence-electron chi connectivity index (χ4n) is 4.58. The SMILES string of the molecule is CN=C(NCc1ccn(C2CCCC2)n1)N1CCN(CC2CCOC2)CC1.I. The first-order valence-electron chi connectivity index (χ1n) is 10.6. The number of piperazine rings is 1. The van der Waals surface area contributed by atoms with E-state index in [2.05, 4.69) is 37.1 Å². The van der Waals surface area contributed by atoms with Crippen LogP contribution in [0.15, 0.2) is 17.3 Å². The van der Waals surface area contributed by atoms with Gasteiger partial charge in [0.15, 0.2) is 5.96 Å². The highest BCUT2D eigenvalue weighted by atomic mass is 127. The number of hydrogen-bond acceptors (Lipinski definition) is 4. The average Bonchev–Trinajstić information content (AvgIpc) is 3.46. The van der Waals surface area contributed by atoms with E-state index in [1.54, 1.807) is 0 Å². The third-order valence-electron chi connectivity index (χ3n) is 6.21. The normalized spacial score (nSPS) is 24.5. The quantitative estimate of drug-likeness (QED) is 0.381. The van der Waals surface area contributed by atoms with Crippen molar-refractivity contribution in [1.29, 1.82) is 0 Å². The maximum Gasteiger partial charge on any atom is 0.194 e. The number of nitrogens with one attached hydrogen (secondary N) is 1. The van der Waals surface area contributed by atoms with E-state index in [9.17, 15) is 0 Å². The molecule has 0 radical (unpaired) electrons. The van der Waals surface area contributed by atoms with Gasteiger partial charge in [-0.05, 0) is 31.2 Å². The monoisotopic (exact) mass is 502 g/mol. The molecule has 1 unspecified atom stereocenters. The molecule has 4 rings (SSSR count). The van der Waals surface area contributed by atoms with Crippen LogP contribution in [0.3, 0.4) is 0 Å². The van der Waals surface area contributed by atoms with E-state index in [1.807, 2.05) is 7.05 Å². The van der Waals surface area contributed by atoms with Crippen LogP contribution in [0.2, 0.25) is 0 Å². The first-order valence-corrected chi connectivity index (χ1v) is 10.6. The molecule has 1 atom stereocenters. The van der Waals surface area contributed by atoms with Gasteiger partial charge in [0.25, 0.3) is 0 Å². The maximum atomic E-state index is 5.51. The number of hydrogen-bond donors (Lipinski definition) is 1. The van der Waals surface area contributed by atoms with Gasteiger partial charge in [0.05, 0.1) is 24.9 Å². The molecule has 3 fully saturated rings. The van der Waals surface area contributed by atoms with Crippen LogP contribution in [0, 0.1) is 5.92 Å². The van der Waals surface area contributed by atoms with Crippen LogP contribution in [-0.2, 0) is 11.3 Å². The summed E-state index contributed by atoms with van der Waals surface area (Å²) >= 11 is 0. The lowest BCUT2D eigenvalue weighted by Crippen LogP contribution is -2.53. The summed E-state index contributed by atoms with van der Waals surface area (Å²) in [5.74, 6) is 1.72. The number of guanidine groups is 1. The summed E-state index contributed by atoms with van der Waals surface area (Å²) in [6.45, 7) is 8.08. The second kappa shape index (κ2) is 10.8. The van der Waals surface area contributed by atoms with Gasteiger partial charge in [-0.15, -0.1) is 24.0 Å². The van der Waals surface area contributed by atoms with E-state index in [1.165, 1.54) is 38.6 Å². The Hall–Kier alpha value is -0.870. The Morgan fingerprint density at radius 2 is 2.00 bits per heavy atom. The topological polar surface area (TPSA) is 57.9 Å². The fraction of sp³-hybridized carbons (Fsp3) is 0.800. The van der Waals surface area contributed by atoms with E-state index in [-0.39, 0.29) is 24.0 Å². The Labute approximate surface area is 185 Å². The van der Waals surface area contributed by atoms with Crippen molar-refractivity contribution in [2.75, 3.05) is 53.0 Å². The highest BCUT2D eigenvalue weighted by molar-refractivity contribution is 14.0. The van der Waals surface area contributed by atoms with Gasteiger partial charge in [-0.2, -0.15) is 5.10 Å². The Morgan fingerprint density at radius 3 is 2.68 bits per heavy atom. The second-order valence-electron chi connectivity index (χ2n) is 8.14. The summed E-state index contributed by atoms with van der Waals surface area (Å²) in [6.07, 6.45) is 8.58. The van der Waals surface area contributed by atoms with E-state index >= 15 is 0 Å². The zero-order chi connectivity index (χ0) is 18.5. The van der Waals surface area contributed by atoms with Gasteiger partial charge in [-0.3, -0.25) is 14.6 Å². The van der Waals surface area contributed by atoms with Crippen LogP contribution >= 0.6 is 24.0 Å². The molecule has 0 spiro atoms. The minimum Gasteiger partial charge on any atom is -0.381 e. The molecule has 0 aromatic carbocycles. The molecule has 0 amide bonds. The molecule has 1 aromatic heterocycles. The van der Waals surface area contributed by atoms with Gasteiger partial charge in [-0.25, -0.2) is 0 Å². The fourth-order valence-corrected chi connectivity index (χ4v) is 4.58. The molecule has 8 heteroatoms. The minimum atomic E-state index is 0. The molecule has 3 heterocycles. The number of ether oxygens (including phenoxy) is 1. The first-order chi connectivity index (χ1) is 13.3. The number of halogens is 1. The Balaban J connectivity index is 0.00000225. The second-order valence-corrected chi connectivity index (χ2v) is 8.14. The maximum absolute atomic E-state index is 5.51. The predicted octanol–water partition coefficient (Wildman–Crippen LogP) is 2.35. The highest BCUT2D eigenvalue weighted by Crippen LogP contribution is 2.28. The van der Waals surface area contributed by atoms with Crippen LogP contribution in [-0.4, -0.2) is 78.5 Å². The number of nitrogens with zero attached hydrogens (tertiary/aromatic N) is 5. The smallest absolute Gasteiger partial charge is 0.194 e. The van der Waals surface area contributed by atoms with Crippen molar-refractivity contribution in [3.63, 3.8) is 0 Å². The molecule has 1 aromatic rings. The predicted molar refractivity (Wildman–Crippen MR) is 122 cm³/mol. The molecular weight excluding hydrogens is 467 g/mol. The van der Waals surface area contributed by atoms with Crippen molar-refractivity contribution in [2.24, 2.45) is 10.9 Å². The van der Waals surface area contributed by atoms with Crippen molar-refractivity contribution >= 4 is 29.9 Å². The van der Waals surface area contributed by atoms with Crippen LogP contribution in [0.4, 0.5) is 0 Å².